The molecule has 1 aromatic rings. The van der Waals surface area contributed by atoms with Crippen molar-refractivity contribution < 1.29 is 0 Å². The molecule has 1 aromatic heterocycles. The Morgan fingerprint density at radius 1 is 1.44 bits per heavy atom. The summed E-state index contributed by atoms with van der Waals surface area (Å²) in [6.07, 6.45) is 2.50. The molecule has 0 bridgehead atoms. The Balaban J connectivity index is 2.21. The van der Waals surface area contributed by atoms with Gasteiger partial charge in [0, 0.05) is 25.2 Å². The van der Waals surface area contributed by atoms with E-state index in [0.717, 1.165) is 18.2 Å². The van der Waals surface area contributed by atoms with Crippen LogP contribution in [-0.4, -0.2) is 42.1 Å². The number of anilines is 1. The van der Waals surface area contributed by atoms with Gasteiger partial charge in [0.25, 0.3) is 0 Å². The molecule has 0 saturated carbocycles. The minimum Gasteiger partial charge on any atom is -0.357 e. The number of hydrogen-bond donors (Lipinski definition) is 1. The molecule has 2 heterocycles. The van der Waals surface area contributed by atoms with Gasteiger partial charge in [0.05, 0.1) is 5.69 Å². The average molecular weight is 220 g/mol. The standard InChI is InChI=1S/C12H20N4/c1-9-7-11(15-12(13-2)14-9)10-5-4-6-16(3)8-10/h7,10H,4-6,8H2,1-3H3,(H,13,14,15). The summed E-state index contributed by atoms with van der Waals surface area (Å²) >= 11 is 0. The van der Waals surface area contributed by atoms with Crippen molar-refractivity contribution >= 4 is 5.95 Å². The van der Waals surface area contributed by atoms with Gasteiger partial charge in [-0.3, -0.25) is 0 Å². The molecule has 1 aliphatic heterocycles. The van der Waals surface area contributed by atoms with E-state index in [1.54, 1.807) is 0 Å². The second kappa shape index (κ2) is 4.78. The third kappa shape index (κ3) is 2.50. The number of likely N-dealkylation sites (N-methyl/N-ethyl adjacent to an activating group) is 1. The Labute approximate surface area is 97.1 Å². The lowest BCUT2D eigenvalue weighted by atomic mass is 9.94. The molecule has 1 aliphatic rings. The first kappa shape index (κ1) is 11.3. The van der Waals surface area contributed by atoms with Gasteiger partial charge < -0.3 is 10.2 Å². The van der Waals surface area contributed by atoms with Crippen molar-refractivity contribution in [1.82, 2.24) is 14.9 Å². The zero-order valence-corrected chi connectivity index (χ0v) is 10.3. The summed E-state index contributed by atoms with van der Waals surface area (Å²) in [5.74, 6) is 1.30. The number of aryl methyl sites for hydroxylation is 1. The molecule has 0 aliphatic carbocycles. The van der Waals surface area contributed by atoms with E-state index in [4.69, 9.17) is 0 Å². The quantitative estimate of drug-likeness (QED) is 0.822. The number of piperidine rings is 1. The Morgan fingerprint density at radius 2 is 2.25 bits per heavy atom. The summed E-state index contributed by atoms with van der Waals surface area (Å²) in [4.78, 5) is 11.3. The topological polar surface area (TPSA) is 41.1 Å². The number of likely N-dealkylation sites (tertiary alicyclic amines) is 1. The summed E-state index contributed by atoms with van der Waals surface area (Å²) in [6.45, 7) is 4.34. The Bertz CT molecular complexity index is 364. The highest BCUT2D eigenvalue weighted by Gasteiger charge is 2.20. The first-order valence-corrected chi connectivity index (χ1v) is 5.91. The van der Waals surface area contributed by atoms with Gasteiger partial charge in [0.2, 0.25) is 5.95 Å². The van der Waals surface area contributed by atoms with Crippen LogP contribution in [0.15, 0.2) is 6.07 Å². The molecular weight excluding hydrogens is 200 g/mol. The van der Waals surface area contributed by atoms with Crippen LogP contribution < -0.4 is 5.32 Å². The van der Waals surface area contributed by atoms with E-state index in [2.05, 4.69) is 33.3 Å². The number of rotatable bonds is 2. The number of aromatic nitrogens is 2. The fourth-order valence-electron chi connectivity index (χ4n) is 2.32. The number of nitrogens with zero attached hydrogens (tertiary/aromatic N) is 3. The normalized spacial score (nSPS) is 22.1. The zero-order chi connectivity index (χ0) is 11.5. The Morgan fingerprint density at radius 3 is 2.94 bits per heavy atom. The molecule has 1 N–H and O–H groups in total. The third-order valence-corrected chi connectivity index (χ3v) is 3.14. The molecule has 0 radical (unpaired) electrons. The largest absolute Gasteiger partial charge is 0.357 e. The van der Waals surface area contributed by atoms with Crippen molar-refractivity contribution in [2.45, 2.75) is 25.7 Å². The van der Waals surface area contributed by atoms with E-state index in [1.807, 2.05) is 14.0 Å². The van der Waals surface area contributed by atoms with Crippen molar-refractivity contribution in [2.24, 2.45) is 0 Å². The van der Waals surface area contributed by atoms with Gasteiger partial charge in [0.1, 0.15) is 0 Å². The van der Waals surface area contributed by atoms with Crippen LogP contribution in [0.4, 0.5) is 5.95 Å². The highest BCUT2D eigenvalue weighted by Crippen LogP contribution is 2.25. The van der Waals surface area contributed by atoms with Crippen molar-refractivity contribution in [2.75, 3.05) is 32.5 Å². The molecule has 16 heavy (non-hydrogen) atoms. The predicted molar refractivity (Wildman–Crippen MR) is 65.8 cm³/mol. The highest BCUT2D eigenvalue weighted by atomic mass is 15.1. The molecule has 2 rings (SSSR count). The van der Waals surface area contributed by atoms with Gasteiger partial charge in [-0.2, -0.15) is 0 Å². The second-order valence-electron chi connectivity index (χ2n) is 4.61. The molecule has 0 aromatic carbocycles. The van der Waals surface area contributed by atoms with Crippen molar-refractivity contribution in [3.05, 3.63) is 17.5 Å². The van der Waals surface area contributed by atoms with Crippen LogP contribution in [0.2, 0.25) is 0 Å². The lowest BCUT2D eigenvalue weighted by molar-refractivity contribution is 0.248. The minimum absolute atomic E-state index is 0.563. The first-order valence-electron chi connectivity index (χ1n) is 5.91. The van der Waals surface area contributed by atoms with E-state index < -0.39 is 0 Å². The van der Waals surface area contributed by atoms with Gasteiger partial charge in [-0.05, 0) is 39.4 Å². The fraction of sp³-hybridized carbons (Fsp3) is 0.667. The minimum atomic E-state index is 0.563. The Kier molecular flexibility index (Phi) is 3.39. The summed E-state index contributed by atoms with van der Waals surface area (Å²) in [6, 6.07) is 2.12. The average Bonchev–Trinajstić information content (AvgIpc) is 2.28. The number of hydrogen-bond acceptors (Lipinski definition) is 4. The fourth-order valence-corrected chi connectivity index (χ4v) is 2.32. The summed E-state index contributed by atoms with van der Waals surface area (Å²) in [5, 5.41) is 3.02. The van der Waals surface area contributed by atoms with Gasteiger partial charge in [-0.15, -0.1) is 0 Å². The molecule has 1 fully saturated rings. The van der Waals surface area contributed by atoms with Gasteiger partial charge >= 0.3 is 0 Å². The number of nitrogens with one attached hydrogen (secondary N) is 1. The maximum Gasteiger partial charge on any atom is 0.222 e. The highest BCUT2D eigenvalue weighted by molar-refractivity contribution is 5.28. The molecule has 1 unspecified atom stereocenters. The molecule has 1 saturated heterocycles. The lowest BCUT2D eigenvalue weighted by Gasteiger charge is -2.29. The van der Waals surface area contributed by atoms with E-state index in [-0.39, 0.29) is 0 Å². The maximum atomic E-state index is 4.56. The molecule has 4 nitrogen and oxygen atoms in total. The maximum absolute atomic E-state index is 4.56. The molecular formula is C12H20N4. The Hall–Kier alpha value is -1.16. The molecule has 1 atom stereocenters. The van der Waals surface area contributed by atoms with Crippen LogP contribution in [-0.2, 0) is 0 Å². The molecule has 0 amide bonds. The van der Waals surface area contributed by atoms with Crippen LogP contribution in [0, 0.1) is 6.92 Å². The SMILES string of the molecule is CNc1nc(C)cc(C2CCCN(C)C2)n1. The van der Waals surface area contributed by atoms with E-state index in [0.29, 0.717) is 5.92 Å². The molecule has 88 valence electrons. The van der Waals surface area contributed by atoms with Crippen LogP contribution in [0.1, 0.15) is 30.1 Å². The van der Waals surface area contributed by atoms with Crippen LogP contribution in [0.3, 0.4) is 0 Å². The first-order chi connectivity index (χ1) is 7.69. The lowest BCUT2D eigenvalue weighted by Crippen LogP contribution is -2.31. The van der Waals surface area contributed by atoms with E-state index >= 15 is 0 Å². The van der Waals surface area contributed by atoms with Crippen molar-refractivity contribution in [3.63, 3.8) is 0 Å². The van der Waals surface area contributed by atoms with Gasteiger partial charge in [-0.1, -0.05) is 0 Å². The third-order valence-electron chi connectivity index (χ3n) is 3.14. The predicted octanol–water partition coefficient (Wildman–Crippen LogP) is 1.64. The van der Waals surface area contributed by atoms with Crippen LogP contribution in [0.5, 0.6) is 0 Å². The van der Waals surface area contributed by atoms with Crippen LogP contribution >= 0.6 is 0 Å². The smallest absolute Gasteiger partial charge is 0.222 e. The van der Waals surface area contributed by atoms with Crippen molar-refractivity contribution in [1.29, 1.82) is 0 Å². The van der Waals surface area contributed by atoms with Crippen LogP contribution in [0.25, 0.3) is 0 Å². The monoisotopic (exact) mass is 220 g/mol. The second-order valence-corrected chi connectivity index (χ2v) is 4.61. The van der Waals surface area contributed by atoms with E-state index in [1.165, 1.54) is 25.1 Å². The summed E-state index contributed by atoms with van der Waals surface area (Å²) < 4.78 is 0. The van der Waals surface area contributed by atoms with Gasteiger partial charge in [-0.25, -0.2) is 9.97 Å². The zero-order valence-electron chi connectivity index (χ0n) is 10.3. The molecule has 4 heteroatoms. The van der Waals surface area contributed by atoms with E-state index in [9.17, 15) is 0 Å². The summed E-state index contributed by atoms with van der Waals surface area (Å²) in [5.41, 5.74) is 2.23. The molecule has 0 spiro atoms. The van der Waals surface area contributed by atoms with Gasteiger partial charge in [0.15, 0.2) is 0 Å². The van der Waals surface area contributed by atoms with Crippen molar-refractivity contribution in [3.8, 4) is 0 Å². The summed E-state index contributed by atoms with van der Waals surface area (Å²) in [7, 11) is 4.05.